The molecule has 3 rings (SSSR count). The van der Waals surface area contributed by atoms with E-state index in [4.69, 9.17) is 11.6 Å². The second kappa shape index (κ2) is 10.8. The number of aliphatic hydroxyl groups excluding tert-OH is 1. The zero-order valence-corrected chi connectivity index (χ0v) is 20.3. The van der Waals surface area contributed by atoms with Crippen LogP contribution in [0.25, 0.3) is 5.69 Å². The van der Waals surface area contributed by atoms with Gasteiger partial charge in [0.15, 0.2) is 0 Å². The maximum Gasteiger partial charge on any atom is 0.350 e. The molecule has 1 amide bonds. The zero-order chi connectivity index (χ0) is 24.2. The highest BCUT2D eigenvalue weighted by atomic mass is 35.5. The summed E-state index contributed by atoms with van der Waals surface area (Å²) in [4.78, 5) is 27.7. The Balaban J connectivity index is 1.79. The van der Waals surface area contributed by atoms with E-state index in [0.717, 1.165) is 25.7 Å². The van der Waals surface area contributed by atoms with E-state index >= 15 is 0 Å². The molecule has 1 aliphatic carbocycles. The molecule has 1 aliphatic rings. The molecule has 1 fully saturated rings. The molecule has 0 aliphatic heterocycles. The summed E-state index contributed by atoms with van der Waals surface area (Å²) in [7, 11) is 3.69. The first kappa shape index (κ1) is 25.4. The third-order valence-corrected chi connectivity index (χ3v) is 6.40. The van der Waals surface area contributed by atoms with Gasteiger partial charge in [0.05, 0.1) is 34.5 Å². The van der Waals surface area contributed by atoms with Gasteiger partial charge in [-0.15, -0.1) is 0 Å². The average Bonchev–Trinajstić information content (AvgIpc) is 2.91. The van der Waals surface area contributed by atoms with Crippen LogP contribution in [0.4, 0.5) is 0 Å². The van der Waals surface area contributed by atoms with Crippen molar-refractivity contribution in [1.82, 2.24) is 24.6 Å². The zero-order valence-electron chi connectivity index (χ0n) is 19.6. The van der Waals surface area contributed by atoms with Gasteiger partial charge in [-0.2, -0.15) is 9.78 Å². The second-order valence-electron chi connectivity index (χ2n) is 9.25. The lowest BCUT2D eigenvalue weighted by Gasteiger charge is -2.26. The van der Waals surface area contributed by atoms with Gasteiger partial charge in [0.1, 0.15) is 5.82 Å². The third-order valence-electron chi connectivity index (χ3n) is 6.07. The number of nitrogens with zero attached hydrogens (tertiary/aromatic N) is 4. The highest BCUT2D eigenvalue weighted by Gasteiger charge is 2.29. The SMILES string of the molecule is Cc1nn(-c2ccc(Cl)c(C(=O)NCC3(O)CCCCCC3)c2)c(=O)n1CC(O)CN(C)C. The van der Waals surface area contributed by atoms with Gasteiger partial charge in [-0.05, 0) is 52.1 Å². The van der Waals surface area contributed by atoms with Gasteiger partial charge in [-0.3, -0.25) is 9.36 Å². The lowest BCUT2D eigenvalue weighted by Crippen LogP contribution is -2.42. The molecular formula is C23H34ClN5O4. The van der Waals surface area contributed by atoms with Crippen LogP contribution in [0.5, 0.6) is 0 Å². The molecule has 1 saturated carbocycles. The molecule has 1 aromatic heterocycles. The average molecular weight is 480 g/mol. The highest BCUT2D eigenvalue weighted by Crippen LogP contribution is 2.27. The van der Waals surface area contributed by atoms with Crippen molar-refractivity contribution in [2.24, 2.45) is 0 Å². The van der Waals surface area contributed by atoms with E-state index in [1.165, 1.54) is 15.3 Å². The van der Waals surface area contributed by atoms with Gasteiger partial charge < -0.3 is 20.4 Å². The van der Waals surface area contributed by atoms with E-state index in [-0.39, 0.29) is 23.7 Å². The number of aryl methyl sites for hydroxylation is 1. The number of hydrogen-bond acceptors (Lipinski definition) is 6. The molecule has 1 unspecified atom stereocenters. The molecule has 0 saturated heterocycles. The van der Waals surface area contributed by atoms with Crippen LogP contribution in [0.3, 0.4) is 0 Å². The third kappa shape index (κ3) is 6.44. The van der Waals surface area contributed by atoms with Crippen molar-refractivity contribution in [3.8, 4) is 5.69 Å². The minimum absolute atomic E-state index is 0.113. The van der Waals surface area contributed by atoms with Crippen molar-refractivity contribution in [1.29, 1.82) is 0 Å². The summed E-state index contributed by atoms with van der Waals surface area (Å²) in [6, 6.07) is 4.68. The molecule has 0 radical (unpaired) electrons. The highest BCUT2D eigenvalue weighted by molar-refractivity contribution is 6.33. The van der Waals surface area contributed by atoms with E-state index in [0.29, 0.717) is 30.9 Å². The topological polar surface area (TPSA) is 113 Å². The molecule has 9 nitrogen and oxygen atoms in total. The van der Waals surface area contributed by atoms with Gasteiger partial charge in [-0.1, -0.05) is 37.3 Å². The number of hydrogen-bond donors (Lipinski definition) is 3. The van der Waals surface area contributed by atoms with E-state index < -0.39 is 23.3 Å². The van der Waals surface area contributed by atoms with Crippen molar-refractivity contribution in [2.75, 3.05) is 27.2 Å². The van der Waals surface area contributed by atoms with E-state index in [9.17, 15) is 19.8 Å². The Morgan fingerprint density at radius 1 is 1.27 bits per heavy atom. The van der Waals surface area contributed by atoms with Crippen LogP contribution < -0.4 is 11.0 Å². The predicted octanol–water partition coefficient (Wildman–Crippen LogP) is 1.73. The van der Waals surface area contributed by atoms with Crippen LogP contribution in [0.1, 0.15) is 54.7 Å². The maximum atomic E-state index is 13.0. The summed E-state index contributed by atoms with van der Waals surface area (Å²) in [6.45, 7) is 2.37. The maximum absolute atomic E-state index is 13.0. The van der Waals surface area contributed by atoms with Crippen molar-refractivity contribution in [2.45, 2.75) is 63.7 Å². The fourth-order valence-electron chi connectivity index (χ4n) is 4.29. The number of aliphatic hydroxyl groups is 2. The van der Waals surface area contributed by atoms with Crippen molar-refractivity contribution in [3.05, 3.63) is 45.1 Å². The predicted molar refractivity (Wildman–Crippen MR) is 127 cm³/mol. The smallest absolute Gasteiger partial charge is 0.350 e. The molecule has 0 bridgehead atoms. The molecular weight excluding hydrogens is 446 g/mol. The number of nitrogens with one attached hydrogen (secondary N) is 1. The molecule has 182 valence electrons. The number of benzene rings is 1. The molecule has 10 heteroatoms. The van der Waals surface area contributed by atoms with E-state index in [2.05, 4.69) is 10.4 Å². The summed E-state index contributed by atoms with van der Waals surface area (Å²) >= 11 is 6.28. The Morgan fingerprint density at radius 2 is 1.94 bits per heavy atom. The summed E-state index contributed by atoms with van der Waals surface area (Å²) < 4.78 is 2.60. The van der Waals surface area contributed by atoms with Crippen LogP contribution in [0, 0.1) is 6.92 Å². The Hall–Kier alpha value is -2.20. The van der Waals surface area contributed by atoms with Crippen LogP contribution in [0.2, 0.25) is 5.02 Å². The Kier molecular flexibility index (Phi) is 8.33. The van der Waals surface area contributed by atoms with Gasteiger partial charge in [0.25, 0.3) is 5.91 Å². The number of rotatable bonds is 8. The number of amides is 1. The number of aromatic nitrogens is 3. The number of carbonyl (C=O) groups excluding carboxylic acids is 1. The Labute approximate surface area is 199 Å². The van der Waals surface area contributed by atoms with Crippen molar-refractivity contribution in [3.63, 3.8) is 0 Å². The summed E-state index contributed by atoms with van der Waals surface area (Å²) in [5.74, 6) is 0.0412. The molecule has 0 spiro atoms. The summed E-state index contributed by atoms with van der Waals surface area (Å²) in [5, 5.41) is 28.4. The quantitative estimate of drug-likeness (QED) is 0.497. The summed E-state index contributed by atoms with van der Waals surface area (Å²) in [6.07, 6.45) is 4.66. The molecule has 3 N–H and O–H groups in total. The first-order valence-electron chi connectivity index (χ1n) is 11.4. The first-order chi connectivity index (χ1) is 15.6. The van der Waals surface area contributed by atoms with Crippen molar-refractivity contribution < 1.29 is 15.0 Å². The number of likely N-dealkylation sites (N-methyl/N-ethyl adjacent to an activating group) is 1. The Morgan fingerprint density at radius 3 is 2.58 bits per heavy atom. The van der Waals surface area contributed by atoms with Crippen molar-refractivity contribution >= 4 is 17.5 Å². The van der Waals surface area contributed by atoms with Crippen LogP contribution in [-0.4, -0.2) is 74.3 Å². The minimum Gasteiger partial charge on any atom is -0.390 e. The van der Waals surface area contributed by atoms with E-state index in [1.807, 2.05) is 19.0 Å². The second-order valence-corrected chi connectivity index (χ2v) is 9.66. The lowest BCUT2D eigenvalue weighted by molar-refractivity contribution is 0.0246. The molecule has 1 heterocycles. The van der Waals surface area contributed by atoms with Gasteiger partial charge in [-0.25, -0.2) is 4.79 Å². The fourth-order valence-corrected chi connectivity index (χ4v) is 4.49. The minimum atomic E-state index is -0.906. The monoisotopic (exact) mass is 479 g/mol. The lowest BCUT2D eigenvalue weighted by atomic mass is 9.94. The number of carbonyl (C=O) groups is 1. The molecule has 1 atom stereocenters. The largest absolute Gasteiger partial charge is 0.390 e. The first-order valence-corrected chi connectivity index (χ1v) is 11.8. The van der Waals surface area contributed by atoms with Gasteiger partial charge in [0.2, 0.25) is 0 Å². The molecule has 2 aromatic rings. The van der Waals surface area contributed by atoms with Crippen LogP contribution in [0.15, 0.2) is 23.0 Å². The van der Waals surface area contributed by atoms with Crippen LogP contribution >= 0.6 is 11.6 Å². The van der Waals surface area contributed by atoms with Crippen LogP contribution in [-0.2, 0) is 6.54 Å². The van der Waals surface area contributed by atoms with Gasteiger partial charge in [0, 0.05) is 13.1 Å². The normalized spacial score (nSPS) is 17.1. The molecule has 33 heavy (non-hydrogen) atoms. The fraction of sp³-hybridized carbons (Fsp3) is 0.609. The standard InChI is InChI=1S/C23H34ClN5O4/c1-16-26-29(22(32)28(16)14-18(30)13-27(2)3)17-8-9-20(24)19(12-17)21(31)25-15-23(33)10-6-4-5-7-11-23/h8-9,12,18,30,33H,4-7,10-11,13-15H2,1-3H3,(H,25,31). The summed E-state index contributed by atoms with van der Waals surface area (Å²) in [5.41, 5.74) is -0.715. The number of halogens is 1. The van der Waals surface area contributed by atoms with Gasteiger partial charge >= 0.3 is 5.69 Å². The molecule has 1 aromatic carbocycles. The Bertz CT molecular complexity index is 1020. The van der Waals surface area contributed by atoms with E-state index in [1.54, 1.807) is 19.1 Å².